The second kappa shape index (κ2) is 4.63. The van der Waals surface area contributed by atoms with E-state index in [2.05, 4.69) is 35.8 Å². The second-order valence-electron chi connectivity index (χ2n) is 4.74. The number of fused-ring (bicyclic) bond motifs is 1. The van der Waals surface area contributed by atoms with E-state index in [-0.39, 0.29) is 0 Å². The van der Waals surface area contributed by atoms with Gasteiger partial charge in [-0.3, -0.25) is 0 Å². The van der Waals surface area contributed by atoms with Gasteiger partial charge in [-0.25, -0.2) is 0 Å². The number of benzene rings is 2. The smallest absolute Gasteiger partial charge is 0.0513 e. The fraction of sp³-hybridized carbons (Fsp3) is 0.125. The molecule has 0 amide bonds. The molecule has 0 unspecified atom stereocenters. The summed E-state index contributed by atoms with van der Waals surface area (Å²) in [5.41, 5.74) is 10.2. The fourth-order valence-corrected chi connectivity index (χ4v) is 2.70. The maximum atomic E-state index is 6.26. The number of nitrogens with two attached hydrogens (primary N) is 1. The molecular weight excluding hydrogens is 256 g/mol. The largest absolute Gasteiger partial charge is 0.398 e. The Morgan fingerprint density at radius 2 is 1.89 bits per heavy atom. The van der Waals surface area contributed by atoms with Crippen LogP contribution in [0.5, 0.6) is 0 Å². The van der Waals surface area contributed by atoms with E-state index in [0.717, 1.165) is 16.3 Å². The summed E-state index contributed by atoms with van der Waals surface area (Å²) in [4.78, 5) is 0. The average molecular weight is 271 g/mol. The number of para-hydroxylation sites is 1. The maximum absolute atomic E-state index is 6.26. The Morgan fingerprint density at radius 3 is 2.68 bits per heavy atom. The van der Waals surface area contributed by atoms with Crippen molar-refractivity contribution < 1.29 is 0 Å². The Kier molecular flexibility index (Phi) is 2.96. The first-order chi connectivity index (χ1) is 9.16. The number of aromatic nitrogens is 1. The summed E-state index contributed by atoms with van der Waals surface area (Å²) in [7, 11) is 0. The van der Waals surface area contributed by atoms with Crippen LogP contribution in [0.4, 0.5) is 5.69 Å². The minimum absolute atomic E-state index is 0.699. The molecular formula is C16H15ClN2. The molecule has 0 aliphatic heterocycles. The number of aryl methyl sites for hydroxylation is 1. The van der Waals surface area contributed by atoms with Crippen molar-refractivity contribution in [2.24, 2.45) is 0 Å². The summed E-state index contributed by atoms with van der Waals surface area (Å²) in [6.45, 7) is 2.80. The molecule has 0 aliphatic carbocycles. The third kappa shape index (κ3) is 2.08. The van der Waals surface area contributed by atoms with Crippen molar-refractivity contribution >= 4 is 28.2 Å². The van der Waals surface area contributed by atoms with Crippen LogP contribution in [0, 0.1) is 6.92 Å². The van der Waals surface area contributed by atoms with E-state index in [4.69, 9.17) is 17.3 Å². The van der Waals surface area contributed by atoms with Crippen molar-refractivity contribution in [2.75, 3.05) is 5.73 Å². The van der Waals surface area contributed by atoms with Gasteiger partial charge < -0.3 is 10.3 Å². The van der Waals surface area contributed by atoms with Crippen LogP contribution in [0.15, 0.2) is 48.5 Å². The van der Waals surface area contributed by atoms with Crippen LogP contribution in [-0.4, -0.2) is 4.57 Å². The Hall–Kier alpha value is -1.93. The van der Waals surface area contributed by atoms with Crippen molar-refractivity contribution in [3.8, 4) is 0 Å². The number of hydrogen-bond donors (Lipinski definition) is 1. The highest BCUT2D eigenvalue weighted by Crippen LogP contribution is 2.26. The lowest BCUT2D eigenvalue weighted by Crippen LogP contribution is -2.05. The highest BCUT2D eigenvalue weighted by molar-refractivity contribution is 6.31. The first kappa shape index (κ1) is 12.1. The fourth-order valence-electron chi connectivity index (χ4n) is 2.46. The number of anilines is 1. The predicted molar refractivity (Wildman–Crippen MR) is 81.6 cm³/mol. The van der Waals surface area contributed by atoms with Gasteiger partial charge in [-0.15, -0.1) is 0 Å². The van der Waals surface area contributed by atoms with E-state index in [1.807, 2.05) is 24.3 Å². The molecule has 19 heavy (non-hydrogen) atoms. The zero-order valence-corrected chi connectivity index (χ0v) is 11.5. The van der Waals surface area contributed by atoms with E-state index < -0.39 is 0 Å². The molecule has 0 bridgehead atoms. The Balaban J connectivity index is 2.13. The van der Waals surface area contributed by atoms with Crippen LogP contribution < -0.4 is 5.73 Å². The van der Waals surface area contributed by atoms with Gasteiger partial charge in [0.15, 0.2) is 0 Å². The lowest BCUT2D eigenvalue weighted by molar-refractivity contribution is 0.807. The summed E-state index contributed by atoms with van der Waals surface area (Å²) in [6, 6.07) is 16.2. The molecule has 0 spiro atoms. The molecule has 0 saturated carbocycles. The van der Waals surface area contributed by atoms with E-state index in [9.17, 15) is 0 Å². The Morgan fingerprint density at radius 1 is 1.11 bits per heavy atom. The molecule has 3 aromatic rings. The highest BCUT2D eigenvalue weighted by Gasteiger charge is 2.09. The zero-order chi connectivity index (χ0) is 13.4. The lowest BCUT2D eigenvalue weighted by atomic mass is 10.1. The van der Waals surface area contributed by atoms with Crippen molar-refractivity contribution in [1.82, 2.24) is 4.57 Å². The van der Waals surface area contributed by atoms with Crippen molar-refractivity contribution in [3.05, 3.63) is 64.8 Å². The van der Waals surface area contributed by atoms with Crippen LogP contribution in [0.3, 0.4) is 0 Å². The van der Waals surface area contributed by atoms with E-state index in [1.165, 1.54) is 16.6 Å². The van der Waals surface area contributed by atoms with Crippen LogP contribution in [0.2, 0.25) is 5.02 Å². The minimum atomic E-state index is 0.699. The SMILES string of the molecule is Cc1cc2ccccc2n1Cc1c(N)cccc1Cl. The topological polar surface area (TPSA) is 30.9 Å². The monoisotopic (exact) mass is 270 g/mol. The standard InChI is InChI=1S/C16H15ClN2/c1-11-9-12-5-2-3-8-16(12)19(11)10-13-14(17)6-4-7-15(13)18/h2-9H,10,18H2,1H3. The molecule has 0 atom stereocenters. The van der Waals surface area contributed by atoms with Gasteiger partial charge >= 0.3 is 0 Å². The molecule has 0 radical (unpaired) electrons. The summed E-state index contributed by atoms with van der Waals surface area (Å²) in [5.74, 6) is 0. The third-order valence-electron chi connectivity index (χ3n) is 3.49. The van der Waals surface area contributed by atoms with Crippen LogP contribution >= 0.6 is 11.6 Å². The molecule has 0 saturated heterocycles. The van der Waals surface area contributed by atoms with Gasteiger partial charge in [0.1, 0.15) is 0 Å². The number of rotatable bonds is 2. The number of hydrogen-bond acceptors (Lipinski definition) is 1. The minimum Gasteiger partial charge on any atom is -0.398 e. The molecule has 2 N–H and O–H groups in total. The molecule has 0 aliphatic rings. The first-order valence-electron chi connectivity index (χ1n) is 6.24. The molecule has 3 rings (SSSR count). The summed E-state index contributed by atoms with van der Waals surface area (Å²) in [5, 5.41) is 1.96. The number of halogens is 1. The van der Waals surface area contributed by atoms with E-state index >= 15 is 0 Å². The van der Waals surface area contributed by atoms with Crippen molar-refractivity contribution in [2.45, 2.75) is 13.5 Å². The highest BCUT2D eigenvalue weighted by atomic mass is 35.5. The van der Waals surface area contributed by atoms with Gasteiger partial charge in [0, 0.05) is 27.5 Å². The second-order valence-corrected chi connectivity index (χ2v) is 5.15. The summed E-state index contributed by atoms with van der Waals surface area (Å²) in [6.07, 6.45) is 0. The molecule has 2 nitrogen and oxygen atoms in total. The van der Waals surface area contributed by atoms with Gasteiger partial charge in [-0.05, 0) is 36.6 Å². The lowest BCUT2D eigenvalue weighted by Gasteiger charge is -2.12. The first-order valence-corrected chi connectivity index (χ1v) is 6.62. The molecule has 3 heteroatoms. The van der Waals surface area contributed by atoms with Gasteiger partial charge in [0.05, 0.1) is 6.54 Å². The van der Waals surface area contributed by atoms with Crippen LogP contribution in [-0.2, 0) is 6.54 Å². The molecule has 0 fully saturated rings. The van der Waals surface area contributed by atoms with Crippen molar-refractivity contribution in [1.29, 1.82) is 0 Å². The maximum Gasteiger partial charge on any atom is 0.0513 e. The van der Waals surface area contributed by atoms with E-state index in [1.54, 1.807) is 0 Å². The molecule has 1 aromatic heterocycles. The average Bonchev–Trinajstić information content (AvgIpc) is 2.70. The Labute approximate surface area is 117 Å². The zero-order valence-electron chi connectivity index (χ0n) is 10.7. The normalized spacial score (nSPS) is 11.1. The molecule has 1 heterocycles. The molecule has 96 valence electrons. The summed E-state index contributed by atoms with van der Waals surface area (Å²) >= 11 is 6.26. The number of nitrogens with zero attached hydrogens (tertiary/aromatic N) is 1. The Bertz CT molecular complexity index is 723. The van der Waals surface area contributed by atoms with Gasteiger partial charge in [-0.2, -0.15) is 0 Å². The third-order valence-corrected chi connectivity index (χ3v) is 3.84. The van der Waals surface area contributed by atoms with Crippen molar-refractivity contribution in [3.63, 3.8) is 0 Å². The predicted octanol–water partition coefficient (Wildman–Crippen LogP) is 4.23. The van der Waals surface area contributed by atoms with Gasteiger partial charge in [-0.1, -0.05) is 35.9 Å². The van der Waals surface area contributed by atoms with Crippen LogP contribution in [0.25, 0.3) is 10.9 Å². The van der Waals surface area contributed by atoms with Gasteiger partial charge in [0.25, 0.3) is 0 Å². The van der Waals surface area contributed by atoms with Gasteiger partial charge in [0.2, 0.25) is 0 Å². The molecule has 2 aromatic carbocycles. The number of nitrogen functional groups attached to an aromatic ring is 1. The quantitative estimate of drug-likeness (QED) is 0.694. The summed E-state index contributed by atoms with van der Waals surface area (Å²) < 4.78 is 2.24. The van der Waals surface area contributed by atoms with Crippen LogP contribution in [0.1, 0.15) is 11.3 Å². The van der Waals surface area contributed by atoms with E-state index in [0.29, 0.717) is 6.54 Å².